The number of hydrogen-bond acceptors (Lipinski definition) is 2. The number of fused-ring (bicyclic) bond motifs is 1. The van der Waals surface area contributed by atoms with Crippen LogP contribution in [0.25, 0.3) is 33.0 Å². The molecule has 0 atom stereocenters. The predicted molar refractivity (Wildman–Crippen MR) is 97.0 cm³/mol. The first-order valence-corrected chi connectivity index (χ1v) is 7.61. The van der Waals surface area contributed by atoms with Crippen molar-refractivity contribution < 1.29 is 0 Å². The Bertz CT molecular complexity index is 958. The van der Waals surface area contributed by atoms with Crippen LogP contribution < -0.4 is 5.73 Å². The van der Waals surface area contributed by atoms with Gasteiger partial charge in [-0.2, -0.15) is 0 Å². The maximum atomic E-state index is 5.81. The molecule has 1 heterocycles. The van der Waals surface area contributed by atoms with Gasteiger partial charge in [-0.3, -0.25) is 4.98 Å². The summed E-state index contributed by atoms with van der Waals surface area (Å²) in [7, 11) is 0. The van der Waals surface area contributed by atoms with E-state index in [0.29, 0.717) is 0 Å². The van der Waals surface area contributed by atoms with Crippen molar-refractivity contribution in [1.29, 1.82) is 0 Å². The largest absolute Gasteiger partial charge is 0.399 e. The normalized spacial score (nSPS) is 10.8. The number of hydrogen-bond donors (Lipinski definition) is 1. The SMILES string of the molecule is Nc1ccc(-c2ccc(-c3cccnc3)c3ccccc23)cc1. The molecule has 110 valence electrons. The monoisotopic (exact) mass is 296 g/mol. The van der Waals surface area contributed by atoms with Gasteiger partial charge in [-0.25, -0.2) is 0 Å². The molecule has 0 unspecified atom stereocenters. The zero-order valence-electron chi connectivity index (χ0n) is 12.6. The van der Waals surface area contributed by atoms with Crippen molar-refractivity contribution >= 4 is 16.5 Å². The molecule has 0 fully saturated rings. The fourth-order valence-electron chi connectivity index (χ4n) is 2.99. The second-order valence-corrected chi connectivity index (χ2v) is 5.57. The summed E-state index contributed by atoms with van der Waals surface area (Å²) in [4.78, 5) is 4.24. The van der Waals surface area contributed by atoms with Crippen molar-refractivity contribution in [3.8, 4) is 22.3 Å². The Morgan fingerprint density at radius 2 is 1.26 bits per heavy atom. The summed E-state index contributed by atoms with van der Waals surface area (Å²) in [5.41, 5.74) is 11.3. The molecule has 0 aliphatic heterocycles. The molecule has 2 nitrogen and oxygen atoms in total. The fraction of sp³-hybridized carbons (Fsp3) is 0. The van der Waals surface area contributed by atoms with Crippen LogP contribution in [-0.2, 0) is 0 Å². The highest BCUT2D eigenvalue weighted by molar-refractivity contribution is 6.04. The van der Waals surface area contributed by atoms with E-state index in [2.05, 4.69) is 59.6 Å². The first-order chi connectivity index (χ1) is 11.3. The first-order valence-electron chi connectivity index (χ1n) is 7.61. The average Bonchev–Trinajstić information content (AvgIpc) is 2.62. The van der Waals surface area contributed by atoms with Gasteiger partial charge in [-0.15, -0.1) is 0 Å². The van der Waals surface area contributed by atoms with Gasteiger partial charge in [0.25, 0.3) is 0 Å². The second kappa shape index (κ2) is 5.58. The highest BCUT2D eigenvalue weighted by Crippen LogP contribution is 2.35. The third-order valence-electron chi connectivity index (χ3n) is 4.12. The van der Waals surface area contributed by atoms with Crippen LogP contribution in [0.5, 0.6) is 0 Å². The number of nitrogens with zero attached hydrogens (tertiary/aromatic N) is 1. The molecule has 0 aliphatic carbocycles. The van der Waals surface area contributed by atoms with Crippen molar-refractivity contribution in [2.45, 2.75) is 0 Å². The molecule has 0 saturated heterocycles. The van der Waals surface area contributed by atoms with Crippen LogP contribution in [0.4, 0.5) is 5.69 Å². The lowest BCUT2D eigenvalue weighted by Gasteiger charge is -2.12. The molecule has 0 aliphatic rings. The minimum Gasteiger partial charge on any atom is -0.399 e. The summed E-state index contributed by atoms with van der Waals surface area (Å²) < 4.78 is 0. The number of rotatable bonds is 2. The molecule has 2 N–H and O–H groups in total. The molecule has 0 amide bonds. The van der Waals surface area contributed by atoms with E-state index >= 15 is 0 Å². The van der Waals surface area contributed by atoms with E-state index < -0.39 is 0 Å². The van der Waals surface area contributed by atoms with Crippen molar-refractivity contribution in [3.05, 3.63) is 85.2 Å². The number of aromatic nitrogens is 1. The Hall–Kier alpha value is -3.13. The number of pyridine rings is 1. The molecule has 23 heavy (non-hydrogen) atoms. The number of anilines is 1. The van der Waals surface area contributed by atoms with Gasteiger partial charge in [0.05, 0.1) is 0 Å². The standard InChI is InChI=1S/C21H16N2/c22-17-9-7-15(8-10-17)18-11-12-19(16-4-3-13-23-14-16)21-6-2-1-5-20(18)21/h1-14H,22H2. The fourth-order valence-corrected chi connectivity index (χ4v) is 2.99. The summed E-state index contributed by atoms with van der Waals surface area (Å²) >= 11 is 0. The summed E-state index contributed by atoms with van der Waals surface area (Å²) in [5, 5.41) is 2.47. The zero-order chi connectivity index (χ0) is 15.6. The van der Waals surface area contributed by atoms with E-state index in [4.69, 9.17) is 5.73 Å². The van der Waals surface area contributed by atoms with Gasteiger partial charge in [-0.05, 0) is 45.7 Å². The van der Waals surface area contributed by atoms with Crippen molar-refractivity contribution in [2.75, 3.05) is 5.73 Å². The van der Waals surface area contributed by atoms with E-state index in [1.54, 1.807) is 6.20 Å². The molecule has 2 heteroatoms. The van der Waals surface area contributed by atoms with Crippen LogP contribution in [0.3, 0.4) is 0 Å². The quantitative estimate of drug-likeness (QED) is 0.519. The summed E-state index contributed by atoms with van der Waals surface area (Å²) in [6.45, 7) is 0. The molecule has 4 rings (SSSR count). The lowest BCUT2D eigenvalue weighted by Crippen LogP contribution is -1.87. The van der Waals surface area contributed by atoms with E-state index in [1.807, 2.05) is 24.4 Å². The van der Waals surface area contributed by atoms with Gasteiger partial charge < -0.3 is 5.73 Å². The van der Waals surface area contributed by atoms with Gasteiger partial charge in [0, 0.05) is 23.6 Å². The van der Waals surface area contributed by atoms with Crippen LogP contribution in [0.15, 0.2) is 85.2 Å². The molecule has 0 spiro atoms. The van der Waals surface area contributed by atoms with Gasteiger partial charge in [0.15, 0.2) is 0 Å². The number of benzene rings is 3. The molecular formula is C21H16N2. The third kappa shape index (κ3) is 2.44. The minimum absolute atomic E-state index is 0.782. The van der Waals surface area contributed by atoms with Crippen LogP contribution in [-0.4, -0.2) is 4.98 Å². The van der Waals surface area contributed by atoms with E-state index in [-0.39, 0.29) is 0 Å². The third-order valence-corrected chi connectivity index (χ3v) is 4.12. The van der Waals surface area contributed by atoms with Gasteiger partial charge in [-0.1, -0.05) is 54.6 Å². The van der Waals surface area contributed by atoms with Crippen LogP contribution >= 0.6 is 0 Å². The highest BCUT2D eigenvalue weighted by atomic mass is 14.6. The Kier molecular flexibility index (Phi) is 3.28. The maximum Gasteiger partial charge on any atom is 0.0346 e. The number of nitrogen functional groups attached to an aromatic ring is 1. The molecule has 0 radical (unpaired) electrons. The lowest BCUT2D eigenvalue weighted by molar-refractivity contribution is 1.33. The zero-order valence-corrected chi connectivity index (χ0v) is 12.6. The van der Waals surface area contributed by atoms with Crippen LogP contribution in [0.1, 0.15) is 0 Å². The molecule has 0 bridgehead atoms. The van der Waals surface area contributed by atoms with E-state index in [9.17, 15) is 0 Å². The Morgan fingerprint density at radius 1 is 0.609 bits per heavy atom. The Morgan fingerprint density at radius 3 is 1.87 bits per heavy atom. The lowest BCUT2D eigenvalue weighted by atomic mass is 9.92. The van der Waals surface area contributed by atoms with Crippen LogP contribution in [0, 0.1) is 0 Å². The average molecular weight is 296 g/mol. The number of nitrogens with two attached hydrogens (primary N) is 1. The van der Waals surface area contributed by atoms with Crippen molar-refractivity contribution in [1.82, 2.24) is 4.98 Å². The van der Waals surface area contributed by atoms with Crippen LogP contribution in [0.2, 0.25) is 0 Å². The molecule has 4 aromatic rings. The minimum atomic E-state index is 0.782. The summed E-state index contributed by atoms with van der Waals surface area (Å²) in [6, 6.07) is 24.9. The molecule has 0 saturated carbocycles. The van der Waals surface area contributed by atoms with Gasteiger partial charge in [0.2, 0.25) is 0 Å². The van der Waals surface area contributed by atoms with E-state index in [1.165, 1.54) is 27.5 Å². The van der Waals surface area contributed by atoms with E-state index in [0.717, 1.165) is 11.3 Å². The highest BCUT2D eigenvalue weighted by Gasteiger charge is 2.09. The smallest absolute Gasteiger partial charge is 0.0346 e. The predicted octanol–water partition coefficient (Wildman–Crippen LogP) is 5.15. The Balaban J connectivity index is 1.97. The molecule has 3 aromatic carbocycles. The van der Waals surface area contributed by atoms with Gasteiger partial charge >= 0.3 is 0 Å². The van der Waals surface area contributed by atoms with Gasteiger partial charge in [0.1, 0.15) is 0 Å². The summed E-state index contributed by atoms with van der Waals surface area (Å²) in [5.74, 6) is 0. The molecular weight excluding hydrogens is 280 g/mol. The molecule has 1 aromatic heterocycles. The van der Waals surface area contributed by atoms with Crippen molar-refractivity contribution in [3.63, 3.8) is 0 Å². The van der Waals surface area contributed by atoms with Crippen molar-refractivity contribution in [2.24, 2.45) is 0 Å². The topological polar surface area (TPSA) is 38.9 Å². The summed E-state index contributed by atoms with van der Waals surface area (Å²) in [6.07, 6.45) is 3.71. The Labute approximate surface area is 135 Å². The second-order valence-electron chi connectivity index (χ2n) is 5.57. The first kappa shape index (κ1) is 13.5. The maximum absolute atomic E-state index is 5.81.